The molecule has 3 rings (SSSR count). The van der Waals surface area contributed by atoms with E-state index in [1.54, 1.807) is 6.20 Å². The van der Waals surface area contributed by atoms with E-state index in [4.69, 9.17) is 16.3 Å². The first-order valence-corrected chi connectivity index (χ1v) is 5.98. The van der Waals surface area contributed by atoms with Crippen LogP contribution in [0.25, 0.3) is 10.8 Å². The van der Waals surface area contributed by atoms with Gasteiger partial charge in [0.1, 0.15) is 5.75 Å². The highest BCUT2D eigenvalue weighted by Crippen LogP contribution is 2.31. The van der Waals surface area contributed by atoms with Gasteiger partial charge in [-0.3, -0.25) is 0 Å². The summed E-state index contributed by atoms with van der Waals surface area (Å²) < 4.78 is 5.78. The van der Waals surface area contributed by atoms with Gasteiger partial charge in [0.2, 0.25) is 5.88 Å². The Kier molecular flexibility index (Phi) is 2.87. The summed E-state index contributed by atoms with van der Waals surface area (Å²) in [7, 11) is 0. The van der Waals surface area contributed by atoms with Gasteiger partial charge >= 0.3 is 0 Å². The Morgan fingerprint density at radius 3 is 2.50 bits per heavy atom. The molecule has 0 saturated carbocycles. The standard InChI is InChI=1S/C15H10ClNO/c16-14-8-4-7-13-12(14)9-10-17-15(13)18-11-5-2-1-3-6-11/h1-10H. The zero-order valence-electron chi connectivity index (χ0n) is 9.51. The van der Waals surface area contributed by atoms with Crippen molar-refractivity contribution in [2.75, 3.05) is 0 Å². The van der Waals surface area contributed by atoms with Crippen molar-refractivity contribution in [3.05, 3.63) is 65.8 Å². The molecule has 0 bridgehead atoms. The molecule has 0 aliphatic carbocycles. The summed E-state index contributed by atoms with van der Waals surface area (Å²) in [4.78, 5) is 4.26. The molecule has 0 amide bonds. The molecule has 3 aromatic rings. The Hall–Kier alpha value is -2.06. The maximum Gasteiger partial charge on any atom is 0.227 e. The third-order valence-corrected chi connectivity index (χ3v) is 3.00. The molecule has 18 heavy (non-hydrogen) atoms. The van der Waals surface area contributed by atoms with E-state index in [1.807, 2.05) is 54.6 Å². The van der Waals surface area contributed by atoms with Gasteiger partial charge in [0.15, 0.2) is 0 Å². The third kappa shape index (κ3) is 2.03. The Balaban J connectivity index is 2.10. The number of benzene rings is 2. The number of halogens is 1. The number of hydrogen-bond donors (Lipinski definition) is 0. The summed E-state index contributed by atoms with van der Waals surface area (Å²) in [6, 6.07) is 17.2. The number of para-hydroxylation sites is 1. The highest BCUT2D eigenvalue weighted by Gasteiger charge is 2.06. The molecule has 0 N–H and O–H groups in total. The van der Waals surface area contributed by atoms with Gasteiger partial charge in [0.05, 0.1) is 0 Å². The van der Waals surface area contributed by atoms with Crippen LogP contribution in [-0.2, 0) is 0 Å². The maximum atomic E-state index is 6.15. The molecular formula is C15H10ClNO. The van der Waals surface area contributed by atoms with Gasteiger partial charge in [-0.05, 0) is 30.3 Å². The van der Waals surface area contributed by atoms with Crippen molar-refractivity contribution in [1.82, 2.24) is 4.98 Å². The number of rotatable bonds is 2. The lowest BCUT2D eigenvalue weighted by atomic mass is 10.2. The number of fused-ring (bicyclic) bond motifs is 1. The molecule has 3 heteroatoms. The van der Waals surface area contributed by atoms with Crippen LogP contribution in [-0.4, -0.2) is 4.98 Å². The van der Waals surface area contributed by atoms with Gasteiger partial charge in [-0.1, -0.05) is 35.9 Å². The van der Waals surface area contributed by atoms with Crippen molar-refractivity contribution < 1.29 is 4.74 Å². The average Bonchev–Trinajstić information content (AvgIpc) is 2.41. The van der Waals surface area contributed by atoms with E-state index in [-0.39, 0.29) is 0 Å². The zero-order valence-corrected chi connectivity index (χ0v) is 10.3. The second-order valence-electron chi connectivity index (χ2n) is 3.87. The summed E-state index contributed by atoms with van der Waals surface area (Å²) in [5.41, 5.74) is 0. The van der Waals surface area contributed by atoms with E-state index in [0.29, 0.717) is 10.9 Å². The molecule has 0 saturated heterocycles. The van der Waals surface area contributed by atoms with Gasteiger partial charge in [-0.2, -0.15) is 0 Å². The Morgan fingerprint density at radius 2 is 1.67 bits per heavy atom. The van der Waals surface area contributed by atoms with Gasteiger partial charge in [-0.15, -0.1) is 0 Å². The molecule has 0 atom stereocenters. The van der Waals surface area contributed by atoms with Crippen molar-refractivity contribution >= 4 is 22.4 Å². The van der Waals surface area contributed by atoms with Gasteiger partial charge in [0, 0.05) is 22.0 Å². The Bertz CT molecular complexity index is 682. The number of ether oxygens (including phenoxy) is 1. The Morgan fingerprint density at radius 1 is 0.833 bits per heavy atom. The summed E-state index contributed by atoms with van der Waals surface area (Å²) >= 11 is 6.15. The molecule has 88 valence electrons. The topological polar surface area (TPSA) is 22.1 Å². The van der Waals surface area contributed by atoms with Gasteiger partial charge in [-0.25, -0.2) is 4.98 Å². The largest absolute Gasteiger partial charge is 0.438 e. The molecule has 2 aromatic carbocycles. The van der Waals surface area contributed by atoms with Gasteiger partial charge in [0.25, 0.3) is 0 Å². The van der Waals surface area contributed by atoms with E-state index >= 15 is 0 Å². The molecular weight excluding hydrogens is 246 g/mol. The minimum absolute atomic E-state index is 0.571. The fourth-order valence-corrected chi connectivity index (χ4v) is 2.06. The molecule has 1 heterocycles. The third-order valence-electron chi connectivity index (χ3n) is 2.67. The van der Waals surface area contributed by atoms with Crippen LogP contribution in [0.5, 0.6) is 11.6 Å². The molecule has 0 unspecified atom stereocenters. The Labute approximate surface area is 110 Å². The highest BCUT2D eigenvalue weighted by molar-refractivity contribution is 6.35. The van der Waals surface area contributed by atoms with E-state index in [2.05, 4.69) is 4.98 Å². The maximum absolute atomic E-state index is 6.15. The van der Waals surface area contributed by atoms with E-state index in [1.165, 1.54) is 0 Å². The number of nitrogens with zero attached hydrogens (tertiary/aromatic N) is 1. The summed E-state index contributed by atoms with van der Waals surface area (Å²) in [5, 5.41) is 2.56. The van der Waals surface area contributed by atoms with Crippen LogP contribution in [0, 0.1) is 0 Å². The van der Waals surface area contributed by atoms with Crippen LogP contribution >= 0.6 is 11.6 Å². The zero-order chi connectivity index (χ0) is 12.4. The molecule has 0 aliphatic heterocycles. The van der Waals surface area contributed by atoms with Crippen LogP contribution in [0.3, 0.4) is 0 Å². The summed E-state index contributed by atoms with van der Waals surface area (Å²) in [5.74, 6) is 1.33. The van der Waals surface area contributed by atoms with E-state index in [9.17, 15) is 0 Å². The second kappa shape index (κ2) is 4.67. The SMILES string of the molecule is Clc1cccc2c(Oc3ccccc3)nccc12. The van der Waals surface area contributed by atoms with Crippen LogP contribution in [0.15, 0.2) is 60.8 Å². The molecule has 2 nitrogen and oxygen atoms in total. The van der Waals surface area contributed by atoms with Gasteiger partial charge < -0.3 is 4.74 Å². The number of pyridine rings is 1. The van der Waals surface area contributed by atoms with Crippen molar-refractivity contribution in [1.29, 1.82) is 0 Å². The summed E-state index contributed by atoms with van der Waals surface area (Å²) in [6.45, 7) is 0. The van der Waals surface area contributed by atoms with Crippen molar-refractivity contribution in [2.24, 2.45) is 0 Å². The minimum Gasteiger partial charge on any atom is -0.438 e. The highest BCUT2D eigenvalue weighted by atomic mass is 35.5. The minimum atomic E-state index is 0.571. The smallest absolute Gasteiger partial charge is 0.227 e. The van der Waals surface area contributed by atoms with Crippen molar-refractivity contribution in [3.8, 4) is 11.6 Å². The van der Waals surface area contributed by atoms with E-state index in [0.717, 1.165) is 16.5 Å². The fourth-order valence-electron chi connectivity index (χ4n) is 1.82. The van der Waals surface area contributed by atoms with Crippen molar-refractivity contribution in [2.45, 2.75) is 0 Å². The monoisotopic (exact) mass is 255 g/mol. The number of hydrogen-bond acceptors (Lipinski definition) is 2. The first kappa shape index (κ1) is 11.1. The first-order chi connectivity index (χ1) is 8.84. The lowest BCUT2D eigenvalue weighted by molar-refractivity contribution is 0.469. The van der Waals surface area contributed by atoms with Crippen molar-refractivity contribution in [3.63, 3.8) is 0 Å². The predicted molar refractivity (Wildman–Crippen MR) is 73.3 cm³/mol. The van der Waals surface area contributed by atoms with Crippen LogP contribution in [0.2, 0.25) is 5.02 Å². The second-order valence-corrected chi connectivity index (χ2v) is 4.27. The average molecular weight is 256 g/mol. The molecule has 1 aromatic heterocycles. The predicted octanol–water partition coefficient (Wildman–Crippen LogP) is 4.68. The molecule has 0 radical (unpaired) electrons. The van der Waals surface area contributed by atoms with Crippen LogP contribution < -0.4 is 4.74 Å². The molecule has 0 spiro atoms. The number of aromatic nitrogens is 1. The fraction of sp³-hybridized carbons (Fsp3) is 0. The molecule has 0 aliphatic rings. The quantitative estimate of drug-likeness (QED) is 0.663. The van der Waals surface area contributed by atoms with Crippen LogP contribution in [0.1, 0.15) is 0 Å². The lowest BCUT2D eigenvalue weighted by Crippen LogP contribution is -1.89. The van der Waals surface area contributed by atoms with Crippen LogP contribution in [0.4, 0.5) is 0 Å². The first-order valence-electron chi connectivity index (χ1n) is 5.61. The molecule has 0 fully saturated rings. The lowest BCUT2D eigenvalue weighted by Gasteiger charge is -2.08. The van der Waals surface area contributed by atoms with E-state index < -0.39 is 0 Å². The summed E-state index contributed by atoms with van der Waals surface area (Å²) in [6.07, 6.45) is 1.70. The normalized spacial score (nSPS) is 10.5.